The molecule has 0 spiro atoms. The van der Waals surface area contributed by atoms with Gasteiger partial charge in [-0.25, -0.2) is 4.39 Å². The number of carbonyl (C=O) groups is 2. The first-order valence-corrected chi connectivity index (χ1v) is 9.24. The molecule has 2 amide bonds. The molecule has 3 rings (SSSR count). The lowest BCUT2D eigenvalue weighted by Gasteiger charge is -2.09. The summed E-state index contributed by atoms with van der Waals surface area (Å²) in [5, 5.41) is 5.47. The molecule has 0 heterocycles. The van der Waals surface area contributed by atoms with Gasteiger partial charge in [0.2, 0.25) is 0 Å². The summed E-state index contributed by atoms with van der Waals surface area (Å²) in [5.74, 6) is -0.545. The van der Waals surface area contributed by atoms with Crippen LogP contribution in [0.15, 0.2) is 66.7 Å². The third kappa shape index (κ3) is 5.33. The summed E-state index contributed by atoms with van der Waals surface area (Å²) in [6.45, 7) is 2.47. The second-order valence-corrected chi connectivity index (χ2v) is 6.47. The van der Waals surface area contributed by atoms with Crippen LogP contribution in [0.4, 0.5) is 15.8 Å². The van der Waals surface area contributed by atoms with Crippen molar-refractivity contribution >= 4 is 34.8 Å². The monoisotopic (exact) mass is 412 g/mol. The van der Waals surface area contributed by atoms with Crippen LogP contribution in [-0.2, 0) is 0 Å². The third-order valence-electron chi connectivity index (χ3n) is 4.00. The Kier molecular flexibility index (Phi) is 6.46. The molecule has 3 aromatic carbocycles. The van der Waals surface area contributed by atoms with E-state index >= 15 is 0 Å². The van der Waals surface area contributed by atoms with Crippen LogP contribution in [0.1, 0.15) is 27.6 Å². The van der Waals surface area contributed by atoms with E-state index in [2.05, 4.69) is 10.6 Å². The fraction of sp³-hybridized carbons (Fsp3) is 0.0909. The van der Waals surface area contributed by atoms with E-state index < -0.39 is 11.7 Å². The molecule has 0 fully saturated rings. The number of hydrogen-bond acceptors (Lipinski definition) is 3. The number of nitrogens with one attached hydrogen (secondary N) is 2. The number of benzene rings is 3. The van der Waals surface area contributed by atoms with Crippen LogP contribution in [0.25, 0.3) is 0 Å². The first kappa shape index (κ1) is 20.4. The molecule has 3 aromatic rings. The first-order chi connectivity index (χ1) is 14.0. The zero-order valence-corrected chi connectivity index (χ0v) is 16.3. The maximum absolute atomic E-state index is 13.1. The van der Waals surface area contributed by atoms with E-state index in [9.17, 15) is 14.0 Å². The molecule has 2 N–H and O–H groups in total. The third-order valence-corrected chi connectivity index (χ3v) is 4.32. The van der Waals surface area contributed by atoms with Crippen molar-refractivity contribution in [1.82, 2.24) is 0 Å². The number of ether oxygens (including phenoxy) is 1. The van der Waals surface area contributed by atoms with E-state index in [0.717, 1.165) is 17.9 Å². The molecule has 7 heteroatoms. The summed E-state index contributed by atoms with van der Waals surface area (Å²) < 4.78 is 18.5. The first-order valence-electron chi connectivity index (χ1n) is 8.87. The highest BCUT2D eigenvalue weighted by Crippen LogP contribution is 2.20. The lowest BCUT2D eigenvalue weighted by atomic mass is 10.1. The Morgan fingerprint density at radius 3 is 2.07 bits per heavy atom. The number of hydrogen-bond donors (Lipinski definition) is 2. The predicted molar refractivity (Wildman–Crippen MR) is 111 cm³/mol. The summed E-state index contributed by atoms with van der Waals surface area (Å²) >= 11 is 5.90. The van der Waals surface area contributed by atoms with E-state index in [1.807, 2.05) is 6.92 Å². The van der Waals surface area contributed by atoms with E-state index in [-0.39, 0.29) is 16.5 Å². The molecule has 148 valence electrons. The number of carbonyl (C=O) groups excluding carboxylic acids is 2. The minimum absolute atomic E-state index is 0.0221. The molecule has 0 atom stereocenters. The molecule has 0 radical (unpaired) electrons. The Morgan fingerprint density at radius 1 is 0.897 bits per heavy atom. The Bertz CT molecular complexity index is 1020. The van der Waals surface area contributed by atoms with Crippen LogP contribution in [-0.4, -0.2) is 18.4 Å². The standard InChI is InChI=1S/C22H18ClFN2O3/c1-2-29-18-10-8-17(9-11-18)25-21(27)14-3-6-16(7-4-14)26-22(28)19-12-5-15(24)13-20(19)23/h3-13H,2H2,1H3,(H,25,27)(H,26,28). The largest absolute Gasteiger partial charge is 0.494 e. The molecule has 0 aliphatic carbocycles. The van der Waals surface area contributed by atoms with Gasteiger partial charge in [-0.15, -0.1) is 0 Å². The van der Waals surface area contributed by atoms with Crippen LogP contribution in [0, 0.1) is 5.82 Å². The average molecular weight is 413 g/mol. The summed E-state index contributed by atoms with van der Waals surface area (Å²) in [6, 6.07) is 17.0. The Hall–Kier alpha value is -3.38. The highest BCUT2D eigenvalue weighted by atomic mass is 35.5. The van der Waals surface area contributed by atoms with Crippen molar-refractivity contribution in [3.8, 4) is 5.75 Å². The van der Waals surface area contributed by atoms with Gasteiger partial charge in [0.05, 0.1) is 17.2 Å². The second kappa shape index (κ2) is 9.21. The summed E-state index contributed by atoms with van der Waals surface area (Å²) in [5.41, 5.74) is 1.71. The SMILES string of the molecule is CCOc1ccc(NC(=O)c2ccc(NC(=O)c3ccc(F)cc3Cl)cc2)cc1. The summed E-state index contributed by atoms with van der Waals surface area (Å²) in [4.78, 5) is 24.6. The van der Waals surface area contributed by atoms with Crippen LogP contribution in [0.3, 0.4) is 0 Å². The van der Waals surface area contributed by atoms with Crippen molar-refractivity contribution in [3.63, 3.8) is 0 Å². The van der Waals surface area contributed by atoms with E-state index in [1.54, 1.807) is 48.5 Å². The lowest BCUT2D eigenvalue weighted by Crippen LogP contribution is -2.14. The number of anilines is 2. The smallest absolute Gasteiger partial charge is 0.257 e. The van der Waals surface area contributed by atoms with Gasteiger partial charge in [0.15, 0.2) is 0 Å². The number of amides is 2. The molecule has 29 heavy (non-hydrogen) atoms. The van der Waals surface area contributed by atoms with Crippen molar-refractivity contribution < 1.29 is 18.7 Å². The molecular formula is C22H18ClFN2O3. The molecule has 0 aliphatic rings. The van der Waals surface area contributed by atoms with E-state index in [1.165, 1.54) is 6.07 Å². The Labute approximate surface area is 172 Å². The molecule has 5 nitrogen and oxygen atoms in total. The molecule has 0 saturated carbocycles. The Morgan fingerprint density at radius 2 is 1.48 bits per heavy atom. The minimum atomic E-state index is -0.519. The van der Waals surface area contributed by atoms with Gasteiger partial charge in [0, 0.05) is 16.9 Å². The van der Waals surface area contributed by atoms with Crippen LogP contribution in [0.5, 0.6) is 5.75 Å². The summed E-state index contributed by atoms with van der Waals surface area (Å²) in [6.07, 6.45) is 0. The van der Waals surface area contributed by atoms with E-state index in [4.69, 9.17) is 16.3 Å². The molecule has 0 aliphatic heterocycles. The number of halogens is 2. The van der Waals surface area contributed by atoms with Gasteiger partial charge in [0.25, 0.3) is 11.8 Å². The summed E-state index contributed by atoms with van der Waals surface area (Å²) in [7, 11) is 0. The van der Waals surface area contributed by atoms with Crippen molar-refractivity contribution in [2.24, 2.45) is 0 Å². The maximum atomic E-state index is 13.1. The van der Waals surface area contributed by atoms with E-state index in [0.29, 0.717) is 23.5 Å². The van der Waals surface area contributed by atoms with Gasteiger partial charge in [-0.1, -0.05) is 11.6 Å². The highest BCUT2D eigenvalue weighted by molar-refractivity contribution is 6.34. The minimum Gasteiger partial charge on any atom is -0.494 e. The molecule has 0 unspecified atom stereocenters. The van der Waals surface area contributed by atoms with Gasteiger partial charge in [0.1, 0.15) is 11.6 Å². The van der Waals surface area contributed by atoms with Gasteiger partial charge in [-0.3, -0.25) is 9.59 Å². The molecular weight excluding hydrogens is 395 g/mol. The molecule has 0 saturated heterocycles. The number of rotatable bonds is 6. The van der Waals surface area contributed by atoms with Crippen molar-refractivity contribution in [1.29, 1.82) is 0 Å². The van der Waals surface area contributed by atoms with Gasteiger partial charge in [-0.05, 0) is 73.7 Å². The van der Waals surface area contributed by atoms with Crippen molar-refractivity contribution in [2.75, 3.05) is 17.2 Å². The molecule has 0 bridgehead atoms. The van der Waals surface area contributed by atoms with Gasteiger partial charge >= 0.3 is 0 Å². The predicted octanol–water partition coefficient (Wildman–Crippen LogP) is 5.38. The van der Waals surface area contributed by atoms with Crippen LogP contribution >= 0.6 is 11.6 Å². The van der Waals surface area contributed by atoms with Crippen molar-refractivity contribution in [2.45, 2.75) is 6.92 Å². The maximum Gasteiger partial charge on any atom is 0.257 e. The fourth-order valence-corrected chi connectivity index (χ4v) is 2.83. The van der Waals surface area contributed by atoms with Gasteiger partial charge < -0.3 is 15.4 Å². The molecule has 0 aromatic heterocycles. The van der Waals surface area contributed by atoms with Crippen LogP contribution < -0.4 is 15.4 Å². The Balaban J connectivity index is 1.63. The fourth-order valence-electron chi connectivity index (χ4n) is 2.58. The van der Waals surface area contributed by atoms with Crippen molar-refractivity contribution in [3.05, 3.63) is 88.7 Å². The zero-order valence-electron chi connectivity index (χ0n) is 15.5. The topological polar surface area (TPSA) is 67.4 Å². The second-order valence-electron chi connectivity index (χ2n) is 6.07. The zero-order chi connectivity index (χ0) is 20.8. The normalized spacial score (nSPS) is 10.3. The quantitative estimate of drug-likeness (QED) is 0.571. The van der Waals surface area contributed by atoms with Crippen LogP contribution in [0.2, 0.25) is 5.02 Å². The average Bonchev–Trinajstić information content (AvgIpc) is 2.70. The lowest BCUT2D eigenvalue weighted by molar-refractivity contribution is 0.102. The highest BCUT2D eigenvalue weighted by Gasteiger charge is 2.12. The van der Waals surface area contributed by atoms with Gasteiger partial charge in [-0.2, -0.15) is 0 Å².